The Hall–Kier alpha value is -2.25. The van der Waals surface area contributed by atoms with Gasteiger partial charge in [-0.25, -0.2) is 15.0 Å². The molecule has 0 radical (unpaired) electrons. The lowest BCUT2D eigenvalue weighted by Gasteiger charge is -2.08. The summed E-state index contributed by atoms with van der Waals surface area (Å²) < 4.78 is 1.87. The van der Waals surface area contributed by atoms with Crippen molar-refractivity contribution in [3.8, 4) is 0 Å². The molecule has 3 aromatic rings. The maximum absolute atomic E-state index is 9.15. The molecule has 0 amide bonds. The Morgan fingerprint density at radius 1 is 1.36 bits per heavy atom. The van der Waals surface area contributed by atoms with Gasteiger partial charge in [-0.05, 0) is 30.2 Å². The van der Waals surface area contributed by atoms with E-state index in [9.17, 15) is 0 Å². The van der Waals surface area contributed by atoms with Crippen LogP contribution >= 0.6 is 11.6 Å². The van der Waals surface area contributed by atoms with Crippen LogP contribution in [0, 0.1) is 6.92 Å². The average molecular weight is 319 g/mol. The van der Waals surface area contributed by atoms with Crippen LogP contribution < -0.4 is 5.32 Å². The molecule has 0 saturated carbocycles. The Bertz CT molecular complexity index is 789. The lowest BCUT2D eigenvalue weighted by atomic mass is 10.2. The van der Waals surface area contributed by atoms with Crippen LogP contribution in [0.15, 0.2) is 24.8 Å². The van der Waals surface area contributed by atoms with E-state index in [1.54, 1.807) is 6.20 Å². The van der Waals surface area contributed by atoms with Crippen molar-refractivity contribution in [2.75, 3.05) is 11.9 Å². The number of anilines is 1. The van der Waals surface area contributed by atoms with Gasteiger partial charge in [-0.3, -0.25) is 0 Å². The molecule has 22 heavy (non-hydrogen) atoms. The molecule has 8 heteroatoms. The van der Waals surface area contributed by atoms with Crippen molar-refractivity contribution in [3.63, 3.8) is 0 Å². The van der Waals surface area contributed by atoms with E-state index in [0.717, 1.165) is 16.6 Å². The summed E-state index contributed by atoms with van der Waals surface area (Å²) in [4.78, 5) is 16.6. The van der Waals surface area contributed by atoms with E-state index in [0.29, 0.717) is 24.6 Å². The molecule has 0 aliphatic heterocycles. The van der Waals surface area contributed by atoms with Crippen LogP contribution in [0.5, 0.6) is 0 Å². The Kier molecular flexibility index (Phi) is 4.17. The molecule has 0 aliphatic carbocycles. The van der Waals surface area contributed by atoms with Gasteiger partial charge < -0.3 is 15.0 Å². The first kappa shape index (κ1) is 14.7. The Labute approximate surface area is 132 Å². The quantitative estimate of drug-likeness (QED) is 0.697. The Balaban J connectivity index is 1.98. The first-order chi connectivity index (χ1) is 10.7. The number of nitrogens with one attached hydrogen (secondary N) is 1. The molecular weight excluding hydrogens is 304 g/mol. The molecule has 3 rings (SSSR count). The summed E-state index contributed by atoms with van der Waals surface area (Å²) in [7, 11) is 0. The topological polar surface area (TPSA) is 88.8 Å². The molecule has 0 aliphatic rings. The molecule has 0 aromatic carbocycles. The summed E-state index contributed by atoms with van der Waals surface area (Å²) in [5.41, 5.74) is 2.58. The van der Waals surface area contributed by atoms with Crippen LogP contribution in [0.4, 0.5) is 5.82 Å². The van der Waals surface area contributed by atoms with Crippen molar-refractivity contribution < 1.29 is 5.11 Å². The van der Waals surface area contributed by atoms with Crippen molar-refractivity contribution in [3.05, 3.63) is 41.3 Å². The summed E-state index contributed by atoms with van der Waals surface area (Å²) in [6.07, 6.45) is 5.12. The third-order valence-corrected chi connectivity index (χ3v) is 3.47. The molecule has 114 valence electrons. The average Bonchev–Trinajstić information content (AvgIpc) is 2.82. The monoisotopic (exact) mass is 318 g/mol. The molecule has 0 spiro atoms. The molecule has 3 aromatic heterocycles. The number of halogens is 1. The minimum Gasteiger partial charge on any atom is -0.395 e. The second kappa shape index (κ2) is 6.25. The Morgan fingerprint density at radius 2 is 2.23 bits per heavy atom. The van der Waals surface area contributed by atoms with Crippen molar-refractivity contribution in [1.29, 1.82) is 0 Å². The fourth-order valence-corrected chi connectivity index (χ4v) is 2.52. The zero-order valence-electron chi connectivity index (χ0n) is 12.0. The standard InChI is InChI=1S/C14H15ClN6O/c1-9-7-21(4-5-22)13-11(9)12(19-14(15)20-13)17-6-10-2-3-16-8-18-10/h2-3,7-8,22H,4-6H2,1H3,(H,17,19,20). The van der Waals surface area contributed by atoms with Crippen molar-refractivity contribution >= 4 is 28.5 Å². The summed E-state index contributed by atoms with van der Waals surface area (Å²) in [6.45, 7) is 2.98. The maximum atomic E-state index is 9.15. The van der Waals surface area contributed by atoms with Crippen molar-refractivity contribution in [1.82, 2.24) is 24.5 Å². The maximum Gasteiger partial charge on any atom is 0.226 e. The highest BCUT2D eigenvalue weighted by molar-refractivity contribution is 6.28. The van der Waals surface area contributed by atoms with E-state index in [2.05, 4.69) is 25.3 Å². The third-order valence-electron chi connectivity index (χ3n) is 3.30. The second-order valence-corrected chi connectivity index (χ2v) is 5.16. The zero-order valence-corrected chi connectivity index (χ0v) is 12.7. The van der Waals surface area contributed by atoms with E-state index in [4.69, 9.17) is 16.7 Å². The predicted molar refractivity (Wildman–Crippen MR) is 83.7 cm³/mol. The number of aliphatic hydroxyl groups excluding tert-OH is 1. The van der Waals surface area contributed by atoms with Gasteiger partial charge in [-0.1, -0.05) is 0 Å². The largest absolute Gasteiger partial charge is 0.395 e. The number of hydrogen-bond donors (Lipinski definition) is 2. The van der Waals surface area contributed by atoms with Gasteiger partial charge in [-0.15, -0.1) is 0 Å². The normalized spacial score (nSPS) is 11.0. The molecule has 0 atom stereocenters. The summed E-state index contributed by atoms with van der Waals surface area (Å²) >= 11 is 6.02. The second-order valence-electron chi connectivity index (χ2n) is 4.82. The number of fused-ring (bicyclic) bond motifs is 1. The third kappa shape index (κ3) is 2.86. The van der Waals surface area contributed by atoms with Gasteiger partial charge in [0.05, 0.1) is 24.2 Å². The number of nitrogens with zero attached hydrogens (tertiary/aromatic N) is 5. The number of aryl methyl sites for hydroxylation is 1. The fraction of sp³-hybridized carbons (Fsp3) is 0.286. The molecule has 2 N–H and O–H groups in total. The molecule has 0 fully saturated rings. The van der Waals surface area contributed by atoms with Crippen LogP contribution in [0.1, 0.15) is 11.3 Å². The molecule has 0 bridgehead atoms. The van der Waals surface area contributed by atoms with Crippen LogP contribution in [0.25, 0.3) is 11.0 Å². The van der Waals surface area contributed by atoms with Crippen LogP contribution in [0.3, 0.4) is 0 Å². The highest BCUT2D eigenvalue weighted by atomic mass is 35.5. The van der Waals surface area contributed by atoms with Crippen LogP contribution in [-0.2, 0) is 13.1 Å². The summed E-state index contributed by atoms with van der Waals surface area (Å²) in [6, 6.07) is 1.83. The van der Waals surface area contributed by atoms with Gasteiger partial charge in [0.2, 0.25) is 5.28 Å². The highest BCUT2D eigenvalue weighted by Gasteiger charge is 2.14. The van der Waals surface area contributed by atoms with Gasteiger partial charge in [0.15, 0.2) is 0 Å². The number of aromatic nitrogens is 5. The van der Waals surface area contributed by atoms with E-state index >= 15 is 0 Å². The zero-order chi connectivity index (χ0) is 15.5. The molecule has 0 saturated heterocycles. The smallest absolute Gasteiger partial charge is 0.226 e. The number of aliphatic hydroxyl groups is 1. The molecule has 0 unspecified atom stereocenters. The fourth-order valence-electron chi connectivity index (χ4n) is 2.36. The lowest BCUT2D eigenvalue weighted by Crippen LogP contribution is -2.06. The van der Waals surface area contributed by atoms with Crippen molar-refractivity contribution in [2.24, 2.45) is 0 Å². The number of hydrogen-bond acceptors (Lipinski definition) is 6. The Morgan fingerprint density at radius 3 is 2.95 bits per heavy atom. The van der Waals surface area contributed by atoms with E-state index in [-0.39, 0.29) is 11.9 Å². The van der Waals surface area contributed by atoms with Crippen LogP contribution in [-0.4, -0.2) is 36.2 Å². The van der Waals surface area contributed by atoms with Gasteiger partial charge >= 0.3 is 0 Å². The first-order valence-electron chi connectivity index (χ1n) is 6.81. The predicted octanol–water partition coefficient (Wildman–Crippen LogP) is 1.79. The van der Waals surface area contributed by atoms with E-state index < -0.39 is 0 Å². The van der Waals surface area contributed by atoms with Gasteiger partial charge in [-0.2, -0.15) is 4.98 Å². The minimum absolute atomic E-state index is 0.0362. The number of rotatable bonds is 5. The highest BCUT2D eigenvalue weighted by Crippen LogP contribution is 2.27. The van der Waals surface area contributed by atoms with E-state index in [1.807, 2.05) is 23.8 Å². The SMILES string of the molecule is Cc1cn(CCO)c2nc(Cl)nc(NCc3ccncn3)c12. The first-order valence-corrected chi connectivity index (χ1v) is 7.19. The van der Waals surface area contributed by atoms with E-state index in [1.165, 1.54) is 6.33 Å². The van der Waals surface area contributed by atoms with Crippen LogP contribution in [0.2, 0.25) is 5.28 Å². The van der Waals surface area contributed by atoms with Crippen molar-refractivity contribution in [2.45, 2.75) is 20.0 Å². The molecule has 7 nitrogen and oxygen atoms in total. The summed E-state index contributed by atoms with van der Waals surface area (Å²) in [5, 5.41) is 13.4. The minimum atomic E-state index is 0.0362. The summed E-state index contributed by atoms with van der Waals surface area (Å²) in [5.74, 6) is 0.655. The molecular formula is C14H15ClN6O. The molecule has 3 heterocycles. The van der Waals surface area contributed by atoms with Gasteiger partial charge in [0.25, 0.3) is 0 Å². The van der Waals surface area contributed by atoms with Gasteiger partial charge in [0.1, 0.15) is 17.8 Å². The lowest BCUT2D eigenvalue weighted by molar-refractivity contribution is 0.278. The van der Waals surface area contributed by atoms with Gasteiger partial charge in [0, 0.05) is 18.9 Å².